The molecule has 116 valence electrons. The summed E-state index contributed by atoms with van der Waals surface area (Å²) >= 11 is 0. The van der Waals surface area contributed by atoms with E-state index in [4.69, 9.17) is 5.73 Å². The second-order valence-corrected chi connectivity index (χ2v) is 7.91. The molecule has 0 unspecified atom stereocenters. The van der Waals surface area contributed by atoms with Crippen LogP contribution < -0.4 is 5.73 Å². The summed E-state index contributed by atoms with van der Waals surface area (Å²) in [6.45, 7) is 8.47. The fourth-order valence-corrected chi connectivity index (χ4v) is 3.57. The Morgan fingerprint density at radius 1 is 1.25 bits per heavy atom. The van der Waals surface area contributed by atoms with Gasteiger partial charge >= 0.3 is 0 Å². The molecule has 20 heavy (non-hydrogen) atoms. The fraction of sp³-hybridized carbons (Fsp3) is 0.571. The first-order chi connectivity index (χ1) is 8.60. The fourth-order valence-electron chi connectivity index (χ4n) is 1.91. The Hall–Kier alpha value is -0.620. The highest BCUT2D eigenvalue weighted by Crippen LogP contribution is 2.23. The largest absolute Gasteiger partial charge is 0.330 e. The van der Waals surface area contributed by atoms with Crippen LogP contribution in [0.1, 0.15) is 25.0 Å². The van der Waals surface area contributed by atoms with Gasteiger partial charge in [-0.1, -0.05) is 26.0 Å². The molecule has 0 aromatic heterocycles. The smallest absolute Gasteiger partial charge is 0.243 e. The van der Waals surface area contributed by atoms with E-state index in [2.05, 4.69) is 0 Å². The summed E-state index contributed by atoms with van der Waals surface area (Å²) in [5.74, 6) is 0. The zero-order valence-electron chi connectivity index (χ0n) is 12.8. The van der Waals surface area contributed by atoms with E-state index in [-0.39, 0.29) is 17.8 Å². The Balaban J connectivity index is 0.00000361. The molecule has 0 spiro atoms. The Labute approximate surface area is 128 Å². The molecule has 4 nitrogen and oxygen atoms in total. The zero-order chi connectivity index (χ0) is 14.8. The summed E-state index contributed by atoms with van der Waals surface area (Å²) in [6.07, 6.45) is 0. The number of benzene rings is 1. The van der Waals surface area contributed by atoms with Crippen LogP contribution in [-0.4, -0.2) is 32.9 Å². The first kappa shape index (κ1) is 19.4. The molecular formula is C14H25ClN2O2S. The van der Waals surface area contributed by atoms with Crippen LogP contribution in [0, 0.1) is 19.3 Å². The maximum Gasteiger partial charge on any atom is 0.243 e. The van der Waals surface area contributed by atoms with E-state index < -0.39 is 10.0 Å². The number of hydrogen-bond donors (Lipinski definition) is 1. The summed E-state index contributed by atoms with van der Waals surface area (Å²) < 4.78 is 26.6. The van der Waals surface area contributed by atoms with Gasteiger partial charge in [0.2, 0.25) is 10.0 Å². The van der Waals surface area contributed by atoms with Gasteiger partial charge in [-0.3, -0.25) is 0 Å². The number of halogens is 1. The normalized spacial score (nSPS) is 12.3. The van der Waals surface area contributed by atoms with Crippen molar-refractivity contribution in [3.05, 3.63) is 29.3 Å². The van der Waals surface area contributed by atoms with E-state index in [1.54, 1.807) is 13.1 Å². The molecule has 1 aromatic carbocycles. The van der Waals surface area contributed by atoms with Gasteiger partial charge in [0, 0.05) is 13.6 Å². The van der Waals surface area contributed by atoms with Gasteiger partial charge in [0.1, 0.15) is 0 Å². The Morgan fingerprint density at radius 3 is 2.30 bits per heavy atom. The Bertz CT molecular complexity index is 556. The molecule has 0 aliphatic carbocycles. The van der Waals surface area contributed by atoms with Crippen molar-refractivity contribution in [1.82, 2.24) is 4.31 Å². The molecule has 0 radical (unpaired) electrons. The zero-order valence-corrected chi connectivity index (χ0v) is 14.4. The third-order valence-electron chi connectivity index (χ3n) is 3.24. The van der Waals surface area contributed by atoms with Crippen molar-refractivity contribution in [2.75, 3.05) is 20.1 Å². The Kier molecular flexibility index (Phi) is 6.68. The predicted octanol–water partition coefficient (Wildman–Crippen LogP) is 2.33. The SMILES string of the molecule is Cc1ccc(C)c(S(=O)(=O)N(C)CC(C)(C)CN)c1.Cl. The molecule has 0 fully saturated rings. The van der Waals surface area contributed by atoms with E-state index in [0.29, 0.717) is 18.0 Å². The molecule has 0 amide bonds. The van der Waals surface area contributed by atoms with Gasteiger partial charge in [0.15, 0.2) is 0 Å². The first-order valence-electron chi connectivity index (χ1n) is 6.34. The second-order valence-electron chi connectivity index (χ2n) is 5.90. The average Bonchev–Trinajstić information content (AvgIpc) is 2.31. The molecule has 0 saturated carbocycles. The third-order valence-corrected chi connectivity index (χ3v) is 5.18. The third kappa shape index (κ3) is 4.45. The van der Waals surface area contributed by atoms with Crippen LogP contribution in [0.15, 0.2) is 23.1 Å². The molecule has 1 rings (SSSR count). The van der Waals surface area contributed by atoms with E-state index in [9.17, 15) is 8.42 Å². The van der Waals surface area contributed by atoms with Crippen LogP contribution in [0.3, 0.4) is 0 Å². The van der Waals surface area contributed by atoms with Crippen molar-refractivity contribution in [3.63, 3.8) is 0 Å². The average molecular weight is 321 g/mol. The standard InChI is InChI=1S/C14H24N2O2S.ClH/c1-11-6-7-12(2)13(8-11)19(17,18)16(5)10-14(3,4)9-15;/h6-8H,9-10,15H2,1-5H3;1H. The van der Waals surface area contributed by atoms with Crippen molar-refractivity contribution in [3.8, 4) is 0 Å². The number of nitrogens with two attached hydrogens (primary N) is 1. The molecule has 0 aliphatic heterocycles. The lowest BCUT2D eigenvalue weighted by molar-refractivity contribution is 0.292. The number of hydrogen-bond acceptors (Lipinski definition) is 3. The highest BCUT2D eigenvalue weighted by atomic mass is 35.5. The lowest BCUT2D eigenvalue weighted by atomic mass is 9.94. The number of sulfonamides is 1. The lowest BCUT2D eigenvalue weighted by Crippen LogP contribution is -2.39. The van der Waals surface area contributed by atoms with Crippen LogP contribution >= 0.6 is 12.4 Å². The monoisotopic (exact) mass is 320 g/mol. The number of nitrogens with zero attached hydrogens (tertiary/aromatic N) is 1. The van der Waals surface area contributed by atoms with E-state index in [0.717, 1.165) is 11.1 Å². The number of aryl methyl sites for hydroxylation is 2. The molecule has 0 atom stereocenters. The summed E-state index contributed by atoms with van der Waals surface area (Å²) in [5.41, 5.74) is 7.14. The van der Waals surface area contributed by atoms with E-state index in [1.165, 1.54) is 4.31 Å². The highest BCUT2D eigenvalue weighted by molar-refractivity contribution is 7.89. The molecule has 0 aliphatic rings. The van der Waals surface area contributed by atoms with Gasteiger partial charge in [-0.05, 0) is 43.0 Å². The van der Waals surface area contributed by atoms with Crippen LogP contribution in [0.2, 0.25) is 0 Å². The van der Waals surface area contributed by atoms with Crippen molar-refractivity contribution in [2.24, 2.45) is 11.1 Å². The van der Waals surface area contributed by atoms with Crippen molar-refractivity contribution in [2.45, 2.75) is 32.6 Å². The summed E-state index contributed by atoms with van der Waals surface area (Å²) in [4.78, 5) is 0.378. The van der Waals surface area contributed by atoms with Gasteiger partial charge in [-0.2, -0.15) is 0 Å². The topological polar surface area (TPSA) is 63.4 Å². The van der Waals surface area contributed by atoms with Gasteiger partial charge in [-0.15, -0.1) is 12.4 Å². The lowest BCUT2D eigenvalue weighted by Gasteiger charge is -2.28. The summed E-state index contributed by atoms with van der Waals surface area (Å²) in [6, 6.07) is 5.47. The minimum absolute atomic E-state index is 0. The molecule has 0 bridgehead atoms. The molecule has 0 heterocycles. The maximum absolute atomic E-state index is 12.6. The van der Waals surface area contributed by atoms with Crippen LogP contribution in [0.5, 0.6) is 0 Å². The van der Waals surface area contributed by atoms with E-state index in [1.807, 2.05) is 39.8 Å². The summed E-state index contributed by atoms with van der Waals surface area (Å²) in [5, 5.41) is 0. The Morgan fingerprint density at radius 2 is 1.80 bits per heavy atom. The quantitative estimate of drug-likeness (QED) is 0.905. The van der Waals surface area contributed by atoms with E-state index >= 15 is 0 Å². The molecule has 0 saturated heterocycles. The predicted molar refractivity (Wildman–Crippen MR) is 85.8 cm³/mol. The molecule has 1 aromatic rings. The second kappa shape index (κ2) is 6.89. The van der Waals surface area contributed by atoms with Crippen LogP contribution in [0.25, 0.3) is 0 Å². The molecule has 2 N–H and O–H groups in total. The van der Waals surface area contributed by atoms with Crippen molar-refractivity contribution < 1.29 is 8.42 Å². The molecule has 6 heteroatoms. The summed E-state index contributed by atoms with van der Waals surface area (Å²) in [7, 11) is -1.85. The van der Waals surface area contributed by atoms with Gasteiger partial charge in [-0.25, -0.2) is 12.7 Å². The minimum Gasteiger partial charge on any atom is -0.330 e. The maximum atomic E-state index is 12.6. The van der Waals surface area contributed by atoms with Crippen LogP contribution in [-0.2, 0) is 10.0 Å². The first-order valence-corrected chi connectivity index (χ1v) is 7.78. The minimum atomic E-state index is -3.46. The van der Waals surface area contributed by atoms with Crippen molar-refractivity contribution >= 4 is 22.4 Å². The van der Waals surface area contributed by atoms with Gasteiger partial charge in [0.05, 0.1) is 4.90 Å². The van der Waals surface area contributed by atoms with Gasteiger partial charge < -0.3 is 5.73 Å². The van der Waals surface area contributed by atoms with Crippen LogP contribution in [0.4, 0.5) is 0 Å². The number of rotatable bonds is 5. The highest BCUT2D eigenvalue weighted by Gasteiger charge is 2.28. The van der Waals surface area contributed by atoms with Crippen molar-refractivity contribution in [1.29, 1.82) is 0 Å². The molecular weight excluding hydrogens is 296 g/mol. The van der Waals surface area contributed by atoms with Gasteiger partial charge in [0.25, 0.3) is 0 Å².